The molecule has 1 heterocycles. The number of rotatable bonds is 5. The molecule has 0 radical (unpaired) electrons. The van der Waals surface area contributed by atoms with E-state index in [0.717, 1.165) is 0 Å². The van der Waals surface area contributed by atoms with Gasteiger partial charge in [-0.3, -0.25) is 14.4 Å². The quantitative estimate of drug-likeness (QED) is 0.706. The lowest BCUT2D eigenvalue weighted by Gasteiger charge is -2.16. The fourth-order valence-corrected chi connectivity index (χ4v) is 3.27. The van der Waals surface area contributed by atoms with Crippen LogP contribution in [0.5, 0.6) is 0 Å². The molecule has 2 aromatic carbocycles. The van der Waals surface area contributed by atoms with Crippen molar-refractivity contribution in [3.05, 3.63) is 57.5 Å². The molecule has 2 amide bonds. The highest BCUT2D eigenvalue weighted by atomic mass is 35.5. The first-order chi connectivity index (χ1) is 13.3. The van der Waals surface area contributed by atoms with Crippen molar-refractivity contribution in [3.8, 4) is 0 Å². The van der Waals surface area contributed by atoms with Gasteiger partial charge in [-0.05, 0) is 36.4 Å². The zero-order chi connectivity index (χ0) is 20.3. The van der Waals surface area contributed by atoms with E-state index in [1.54, 1.807) is 36.4 Å². The van der Waals surface area contributed by atoms with E-state index in [-0.39, 0.29) is 18.9 Å². The molecule has 146 valence electrons. The lowest BCUT2D eigenvalue weighted by Crippen LogP contribution is -2.28. The average Bonchev–Trinajstić information content (AvgIpc) is 3.05. The van der Waals surface area contributed by atoms with Crippen LogP contribution in [0.15, 0.2) is 42.5 Å². The normalized spacial score (nSPS) is 16.2. The van der Waals surface area contributed by atoms with Gasteiger partial charge in [0.15, 0.2) is 6.61 Å². The van der Waals surface area contributed by atoms with E-state index in [9.17, 15) is 14.4 Å². The molecule has 2 aromatic rings. The summed E-state index contributed by atoms with van der Waals surface area (Å²) in [5.41, 5.74) is 1.05. The predicted molar refractivity (Wildman–Crippen MR) is 108 cm³/mol. The summed E-state index contributed by atoms with van der Waals surface area (Å²) in [7, 11) is 0. The standard InChI is InChI=1S/C19H15Cl3N2O4/c20-12-2-1-3-14(7-12)24-9-11(6-18(24)26)19(27)28-10-17(25)23-13-4-5-15(21)16(22)8-13/h1-5,7-8,11H,6,9-10H2,(H,23,25)/t11-/m0/s1. The van der Waals surface area contributed by atoms with Gasteiger partial charge in [0, 0.05) is 29.4 Å². The third-order valence-electron chi connectivity index (χ3n) is 4.13. The van der Waals surface area contributed by atoms with Crippen LogP contribution in [0, 0.1) is 5.92 Å². The van der Waals surface area contributed by atoms with Crippen molar-refractivity contribution >= 4 is 64.0 Å². The number of carbonyl (C=O) groups excluding carboxylic acids is 3. The molecule has 1 aliphatic heterocycles. The number of halogens is 3. The number of hydrogen-bond acceptors (Lipinski definition) is 4. The number of carbonyl (C=O) groups is 3. The van der Waals surface area contributed by atoms with Crippen LogP contribution in [0.4, 0.5) is 11.4 Å². The zero-order valence-corrected chi connectivity index (χ0v) is 16.7. The molecular weight excluding hydrogens is 427 g/mol. The van der Waals surface area contributed by atoms with Gasteiger partial charge in [-0.2, -0.15) is 0 Å². The zero-order valence-electron chi connectivity index (χ0n) is 14.5. The third-order valence-corrected chi connectivity index (χ3v) is 5.10. The SMILES string of the molecule is O=C(COC(=O)[C@H]1CC(=O)N(c2cccc(Cl)c2)C1)Nc1ccc(Cl)c(Cl)c1. The third kappa shape index (κ3) is 4.95. The van der Waals surface area contributed by atoms with Gasteiger partial charge in [-0.25, -0.2) is 0 Å². The second-order valence-electron chi connectivity index (χ2n) is 6.17. The molecule has 9 heteroatoms. The largest absolute Gasteiger partial charge is 0.455 e. The fourth-order valence-electron chi connectivity index (χ4n) is 2.78. The molecule has 1 atom stereocenters. The van der Waals surface area contributed by atoms with Crippen molar-refractivity contribution in [1.82, 2.24) is 0 Å². The number of benzene rings is 2. The topological polar surface area (TPSA) is 75.7 Å². The molecule has 0 aromatic heterocycles. The highest BCUT2D eigenvalue weighted by molar-refractivity contribution is 6.42. The fraction of sp³-hybridized carbons (Fsp3) is 0.211. The summed E-state index contributed by atoms with van der Waals surface area (Å²) in [6.07, 6.45) is 0.0136. The molecule has 1 aliphatic rings. The van der Waals surface area contributed by atoms with E-state index in [4.69, 9.17) is 39.5 Å². The molecular formula is C19H15Cl3N2O4. The Morgan fingerprint density at radius 3 is 2.61 bits per heavy atom. The van der Waals surface area contributed by atoms with E-state index in [1.165, 1.54) is 11.0 Å². The molecule has 0 spiro atoms. The van der Waals surface area contributed by atoms with E-state index >= 15 is 0 Å². The maximum atomic E-state index is 12.2. The average molecular weight is 442 g/mol. The molecule has 28 heavy (non-hydrogen) atoms. The number of anilines is 2. The van der Waals surface area contributed by atoms with Crippen molar-refractivity contribution in [2.45, 2.75) is 6.42 Å². The Bertz CT molecular complexity index is 935. The maximum absolute atomic E-state index is 12.2. The highest BCUT2D eigenvalue weighted by Gasteiger charge is 2.36. The van der Waals surface area contributed by atoms with Crippen LogP contribution in [0.25, 0.3) is 0 Å². The van der Waals surface area contributed by atoms with Gasteiger partial charge < -0.3 is 15.0 Å². The lowest BCUT2D eigenvalue weighted by atomic mass is 10.1. The van der Waals surface area contributed by atoms with Crippen LogP contribution >= 0.6 is 34.8 Å². The van der Waals surface area contributed by atoms with Crippen LogP contribution < -0.4 is 10.2 Å². The van der Waals surface area contributed by atoms with Crippen LogP contribution in [0.2, 0.25) is 15.1 Å². The van der Waals surface area contributed by atoms with Gasteiger partial charge in [-0.15, -0.1) is 0 Å². The molecule has 0 bridgehead atoms. The number of hydrogen-bond donors (Lipinski definition) is 1. The molecule has 3 rings (SSSR count). The van der Waals surface area contributed by atoms with Crippen molar-refractivity contribution in [3.63, 3.8) is 0 Å². The van der Waals surface area contributed by atoms with Crippen molar-refractivity contribution < 1.29 is 19.1 Å². The van der Waals surface area contributed by atoms with Crippen LogP contribution in [0.3, 0.4) is 0 Å². The minimum Gasteiger partial charge on any atom is -0.455 e. The summed E-state index contributed by atoms with van der Waals surface area (Å²) < 4.78 is 5.06. The van der Waals surface area contributed by atoms with E-state index in [0.29, 0.717) is 26.4 Å². The van der Waals surface area contributed by atoms with E-state index in [2.05, 4.69) is 5.32 Å². The second-order valence-corrected chi connectivity index (χ2v) is 7.42. The number of ether oxygens (including phenoxy) is 1. The summed E-state index contributed by atoms with van der Waals surface area (Å²) in [4.78, 5) is 37.9. The van der Waals surface area contributed by atoms with Gasteiger partial charge in [0.2, 0.25) is 5.91 Å². The summed E-state index contributed by atoms with van der Waals surface area (Å²) in [6.45, 7) is -0.298. The van der Waals surface area contributed by atoms with Crippen LogP contribution in [-0.2, 0) is 19.1 Å². The Kier molecular flexibility index (Phi) is 6.44. The molecule has 0 unspecified atom stereocenters. The molecule has 1 saturated heterocycles. The van der Waals surface area contributed by atoms with E-state index < -0.39 is 24.4 Å². The first-order valence-electron chi connectivity index (χ1n) is 8.31. The molecule has 6 nitrogen and oxygen atoms in total. The first kappa shape index (κ1) is 20.5. The molecule has 0 aliphatic carbocycles. The van der Waals surface area contributed by atoms with Gasteiger partial charge in [0.25, 0.3) is 5.91 Å². The monoisotopic (exact) mass is 440 g/mol. The lowest BCUT2D eigenvalue weighted by molar-refractivity contribution is -0.151. The Morgan fingerprint density at radius 1 is 1.11 bits per heavy atom. The van der Waals surface area contributed by atoms with Gasteiger partial charge >= 0.3 is 5.97 Å². The van der Waals surface area contributed by atoms with Crippen LogP contribution in [-0.4, -0.2) is 30.9 Å². The van der Waals surface area contributed by atoms with Crippen molar-refractivity contribution in [2.75, 3.05) is 23.4 Å². The minimum absolute atomic E-state index is 0.0136. The Balaban J connectivity index is 1.53. The van der Waals surface area contributed by atoms with Gasteiger partial charge in [0.05, 0.1) is 16.0 Å². The van der Waals surface area contributed by atoms with E-state index in [1.807, 2.05) is 0 Å². The Labute approximate surface area is 176 Å². The highest BCUT2D eigenvalue weighted by Crippen LogP contribution is 2.28. The summed E-state index contributed by atoms with van der Waals surface area (Å²) >= 11 is 17.7. The minimum atomic E-state index is -0.649. The Morgan fingerprint density at radius 2 is 1.89 bits per heavy atom. The predicted octanol–water partition coefficient (Wildman–Crippen LogP) is 4.18. The number of amides is 2. The van der Waals surface area contributed by atoms with Crippen LogP contribution in [0.1, 0.15) is 6.42 Å². The molecule has 0 saturated carbocycles. The second kappa shape index (κ2) is 8.82. The van der Waals surface area contributed by atoms with Gasteiger partial charge in [-0.1, -0.05) is 40.9 Å². The van der Waals surface area contributed by atoms with Gasteiger partial charge in [0.1, 0.15) is 0 Å². The number of nitrogens with one attached hydrogen (secondary N) is 1. The molecule has 1 fully saturated rings. The first-order valence-corrected chi connectivity index (χ1v) is 9.44. The van der Waals surface area contributed by atoms with Crippen molar-refractivity contribution in [2.24, 2.45) is 5.92 Å². The number of esters is 1. The number of nitrogens with zero attached hydrogens (tertiary/aromatic N) is 1. The Hall–Kier alpha value is -2.28. The summed E-state index contributed by atoms with van der Waals surface area (Å²) in [5, 5.41) is 3.71. The maximum Gasteiger partial charge on any atom is 0.311 e. The summed E-state index contributed by atoms with van der Waals surface area (Å²) in [6, 6.07) is 11.4. The summed E-state index contributed by atoms with van der Waals surface area (Å²) in [5.74, 6) is -1.99. The smallest absolute Gasteiger partial charge is 0.311 e. The van der Waals surface area contributed by atoms with Crippen molar-refractivity contribution in [1.29, 1.82) is 0 Å². The molecule has 1 N–H and O–H groups in total.